The lowest BCUT2D eigenvalue weighted by molar-refractivity contribution is -0.161. The summed E-state index contributed by atoms with van der Waals surface area (Å²) in [6.07, 6.45) is 5.22. The highest BCUT2D eigenvalue weighted by Crippen LogP contribution is 2.49. The van der Waals surface area contributed by atoms with Crippen LogP contribution in [0.4, 0.5) is 0 Å². The summed E-state index contributed by atoms with van der Waals surface area (Å²) in [5.74, 6) is -0.181. The zero-order chi connectivity index (χ0) is 13.4. The second-order valence-corrected chi connectivity index (χ2v) is 5.81. The van der Waals surface area contributed by atoms with Crippen molar-refractivity contribution in [2.45, 2.75) is 70.1 Å². The topological polar surface area (TPSA) is 58.6 Å². The van der Waals surface area contributed by atoms with Gasteiger partial charge in [-0.1, -0.05) is 13.8 Å². The molecule has 2 aliphatic carbocycles. The van der Waals surface area contributed by atoms with Gasteiger partial charge in [-0.25, -0.2) is 0 Å². The smallest absolute Gasteiger partial charge is 0.252 e. The molecule has 4 nitrogen and oxygen atoms in total. The monoisotopic (exact) mass is 255 g/mol. The molecule has 4 heteroatoms. The quantitative estimate of drug-likeness (QED) is 0.784. The molecular formula is C14H25NO3. The molecule has 2 N–H and O–H groups in total. The molecule has 0 aromatic heterocycles. The summed E-state index contributed by atoms with van der Waals surface area (Å²) >= 11 is 0. The average molecular weight is 255 g/mol. The number of hydrogen-bond donors (Lipinski definition) is 2. The van der Waals surface area contributed by atoms with Crippen LogP contribution in [0.2, 0.25) is 0 Å². The maximum Gasteiger partial charge on any atom is 0.252 e. The number of rotatable bonds is 5. The van der Waals surface area contributed by atoms with Gasteiger partial charge in [-0.15, -0.1) is 0 Å². The van der Waals surface area contributed by atoms with E-state index < -0.39 is 5.60 Å². The standard InChI is InChI=1S/C14H25NO3/c1-4-13(5-2)10(9-11(13)18-3)15-12(16)14(17)7-6-8-14/h10-11,17H,4-9H2,1-3H3,(H,15,16)/t10-,11+/m0/s1. The Bertz CT molecular complexity index is 321. The molecule has 0 aliphatic heterocycles. The second-order valence-electron chi connectivity index (χ2n) is 5.81. The van der Waals surface area contributed by atoms with Gasteiger partial charge >= 0.3 is 0 Å². The number of hydrogen-bond acceptors (Lipinski definition) is 3. The largest absolute Gasteiger partial charge is 0.381 e. The molecule has 1 amide bonds. The van der Waals surface area contributed by atoms with E-state index >= 15 is 0 Å². The fourth-order valence-electron chi connectivity index (χ4n) is 3.51. The zero-order valence-electron chi connectivity index (χ0n) is 11.7. The number of carbonyl (C=O) groups excluding carboxylic acids is 1. The Kier molecular flexibility index (Phi) is 3.70. The van der Waals surface area contributed by atoms with Crippen molar-refractivity contribution in [1.29, 1.82) is 0 Å². The fraction of sp³-hybridized carbons (Fsp3) is 0.929. The minimum absolute atomic E-state index is 0.0461. The van der Waals surface area contributed by atoms with Crippen LogP contribution in [0, 0.1) is 5.41 Å². The highest BCUT2D eigenvalue weighted by molar-refractivity contribution is 5.86. The van der Waals surface area contributed by atoms with Gasteiger partial charge < -0.3 is 15.2 Å². The molecule has 2 fully saturated rings. The van der Waals surface area contributed by atoms with Crippen LogP contribution in [-0.4, -0.2) is 35.9 Å². The fourth-order valence-corrected chi connectivity index (χ4v) is 3.51. The molecular weight excluding hydrogens is 230 g/mol. The highest BCUT2D eigenvalue weighted by Gasteiger charge is 2.55. The average Bonchev–Trinajstić information content (AvgIpc) is 2.32. The van der Waals surface area contributed by atoms with E-state index in [0.29, 0.717) is 12.8 Å². The first-order valence-corrected chi connectivity index (χ1v) is 7.08. The molecule has 0 saturated heterocycles. The third-order valence-electron chi connectivity index (χ3n) is 5.29. The predicted molar refractivity (Wildman–Crippen MR) is 69.2 cm³/mol. The molecule has 104 valence electrons. The third-order valence-corrected chi connectivity index (χ3v) is 5.29. The molecule has 2 saturated carbocycles. The van der Waals surface area contributed by atoms with Crippen LogP contribution in [0.5, 0.6) is 0 Å². The molecule has 0 spiro atoms. The van der Waals surface area contributed by atoms with Crippen molar-refractivity contribution in [1.82, 2.24) is 5.32 Å². The van der Waals surface area contributed by atoms with Gasteiger partial charge in [-0.2, -0.15) is 0 Å². The lowest BCUT2D eigenvalue weighted by Crippen LogP contribution is -2.67. The molecule has 0 unspecified atom stereocenters. The lowest BCUT2D eigenvalue weighted by Gasteiger charge is -2.55. The number of nitrogens with one attached hydrogen (secondary N) is 1. The van der Waals surface area contributed by atoms with Gasteiger partial charge in [0.25, 0.3) is 5.91 Å². The first-order valence-electron chi connectivity index (χ1n) is 7.08. The number of ether oxygens (including phenoxy) is 1. The maximum absolute atomic E-state index is 12.1. The summed E-state index contributed by atoms with van der Waals surface area (Å²) < 4.78 is 5.51. The van der Waals surface area contributed by atoms with E-state index in [0.717, 1.165) is 25.7 Å². The first-order chi connectivity index (χ1) is 8.52. The summed E-state index contributed by atoms with van der Waals surface area (Å²) in [4.78, 5) is 12.1. The van der Waals surface area contributed by atoms with Crippen molar-refractivity contribution in [2.24, 2.45) is 5.41 Å². The van der Waals surface area contributed by atoms with E-state index in [-0.39, 0.29) is 23.5 Å². The Balaban J connectivity index is 1.99. The summed E-state index contributed by atoms with van der Waals surface area (Å²) in [6.45, 7) is 4.29. The summed E-state index contributed by atoms with van der Waals surface area (Å²) in [5.41, 5.74) is -1.05. The van der Waals surface area contributed by atoms with Crippen molar-refractivity contribution in [3.05, 3.63) is 0 Å². The van der Waals surface area contributed by atoms with Crippen LogP contribution < -0.4 is 5.32 Å². The molecule has 2 rings (SSSR count). The zero-order valence-corrected chi connectivity index (χ0v) is 11.7. The van der Waals surface area contributed by atoms with Gasteiger partial charge in [0.15, 0.2) is 0 Å². The van der Waals surface area contributed by atoms with Gasteiger partial charge in [0.05, 0.1) is 6.10 Å². The summed E-state index contributed by atoms with van der Waals surface area (Å²) in [6, 6.07) is 0.148. The molecule has 0 radical (unpaired) electrons. The molecule has 0 aromatic carbocycles. The van der Waals surface area contributed by atoms with Crippen molar-refractivity contribution in [3.63, 3.8) is 0 Å². The van der Waals surface area contributed by atoms with E-state index in [2.05, 4.69) is 19.2 Å². The van der Waals surface area contributed by atoms with Crippen LogP contribution >= 0.6 is 0 Å². The van der Waals surface area contributed by atoms with Gasteiger partial charge in [-0.3, -0.25) is 4.79 Å². The van der Waals surface area contributed by atoms with Gasteiger partial charge in [-0.05, 0) is 38.5 Å². The van der Waals surface area contributed by atoms with Gasteiger partial charge in [0.1, 0.15) is 5.60 Å². The Labute approximate surface area is 109 Å². The molecule has 0 heterocycles. The summed E-state index contributed by atoms with van der Waals surface area (Å²) in [5, 5.41) is 13.1. The maximum atomic E-state index is 12.1. The Hall–Kier alpha value is -0.610. The van der Waals surface area contributed by atoms with Crippen molar-refractivity contribution in [3.8, 4) is 0 Å². The van der Waals surface area contributed by atoms with Crippen molar-refractivity contribution < 1.29 is 14.6 Å². The third kappa shape index (κ3) is 1.86. The molecule has 2 atom stereocenters. The Morgan fingerprint density at radius 3 is 2.39 bits per heavy atom. The number of amides is 1. The van der Waals surface area contributed by atoms with Crippen molar-refractivity contribution >= 4 is 5.91 Å². The normalized spacial score (nSPS) is 32.2. The SMILES string of the molecule is CCC1(CC)[C@@H](NC(=O)C2(O)CCC2)C[C@H]1OC. The van der Waals surface area contributed by atoms with Gasteiger partial charge in [0.2, 0.25) is 0 Å². The van der Waals surface area contributed by atoms with Crippen LogP contribution in [0.1, 0.15) is 52.4 Å². The summed E-state index contributed by atoms with van der Waals surface area (Å²) in [7, 11) is 1.74. The van der Waals surface area contributed by atoms with E-state index in [4.69, 9.17) is 4.74 Å². The first kappa shape index (κ1) is 13.8. The minimum atomic E-state index is -1.09. The number of methoxy groups -OCH3 is 1. The van der Waals surface area contributed by atoms with Crippen LogP contribution in [0.3, 0.4) is 0 Å². The van der Waals surface area contributed by atoms with Gasteiger partial charge in [0, 0.05) is 18.6 Å². The lowest BCUT2D eigenvalue weighted by atomic mass is 9.58. The van der Waals surface area contributed by atoms with Crippen LogP contribution in [0.15, 0.2) is 0 Å². The van der Waals surface area contributed by atoms with Crippen molar-refractivity contribution in [2.75, 3.05) is 7.11 Å². The second kappa shape index (κ2) is 4.82. The van der Waals surface area contributed by atoms with E-state index in [1.165, 1.54) is 0 Å². The Morgan fingerprint density at radius 1 is 1.39 bits per heavy atom. The molecule has 2 aliphatic rings. The van der Waals surface area contributed by atoms with Crippen LogP contribution in [-0.2, 0) is 9.53 Å². The molecule has 0 bridgehead atoms. The predicted octanol–water partition coefficient (Wildman–Crippen LogP) is 1.61. The van der Waals surface area contributed by atoms with Crippen LogP contribution in [0.25, 0.3) is 0 Å². The minimum Gasteiger partial charge on any atom is -0.381 e. The van der Waals surface area contributed by atoms with E-state index in [1.54, 1.807) is 7.11 Å². The molecule has 18 heavy (non-hydrogen) atoms. The number of carbonyl (C=O) groups is 1. The number of aliphatic hydroxyl groups is 1. The highest BCUT2D eigenvalue weighted by atomic mass is 16.5. The Morgan fingerprint density at radius 2 is 2.00 bits per heavy atom. The van der Waals surface area contributed by atoms with E-state index in [9.17, 15) is 9.90 Å². The molecule has 0 aromatic rings. The van der Waals surface area contributed by atoms with E-state index in [1.807, 2.05) is 0 Å².